The minimum atomic E-state index is -4.19. The van der Waals surface area contributed by atoms with Crippen LogP contribution in [0.4, 0.5) is 24.8 Å². The highest BCUT2D eigenvalue weighted by Gasteiger charge is 2.30. The number of nitrogens with one attached hydrogen (secondary N) is 2. The smallest absolute Gasteiger partial charge is 0.370 e. The molecule has 1 atom stereocenters. The number of rotatable bonds is 8. The molecule has 0 aliphatic carbocycles. The topological polar surface area (TPSA) is 49.8 Å². The van der Waals surface area contributed by atoms with Crippen LogP contribution in [-0.4, -0.2) is 28.7 Å². The first-order valence-corrected chi connectivity index (χ1v) is 7.29. The van der Waals surface area contributed by atoms with Crippen molar-refractivity contribution in [3.8, 4) is 0 Å². The van der Waals surface area contributed by atoms with E-state index in [0.29, 0.717) is 23.9 Å². The summed E-state index contributed by atoms with van der Waals surface area (Å²) in [6.45, 7) is 6.30. The predicted octanol–water partition coefficient (Wildman–Crippen LogP) is 4.00. The Labute approximate surface area is 123 Å². The van der Waals surface area contributed by atoms with Gasteiger partial charge in [-0.3, -0.25) is 0 Å². The Kier molecular flexibility index (Phi) is 6.71. The third-order valence-electron chi connectivity index (χ3n) is 2.73. The van der Waals surface area contributed by atoms with Crippen LogP contribution in [0.15, 0.2) is 6.07 Å². The molecule has 0 aromatic carbocycles. The van der Waals surface area contributed by atoms with Gasteiger partial charge in [-0.2, -0.15) is 13.2 Å². The Morgan fingerprint density at radius 2 is 1.81 bits per heavy atom. The lowest BCUT2D eigenvalue weighted by Gasteiger charge is -2.17. The fraction of sp³-hybridized carbons (Fsp3) is 0.714. The van der Waals surface area contributed by atoms with E-state index < -0.39 is 18.6 Å². The van der Waals surface area contributed by atoms with Crippen LogP contribution in [0.25, 0.3) is 0 Å². The van der Waals surface area contributed by atoms with Crippen molar-refractivity contribution >= 4 is 11.6 Å². The van der Waals surface area contributed by atoms with E-state index in [9.17, 15) is 13.2 Å². The summed E-state index contributed by atoms with van der Waals surface area (Å²) in [5.41, 5.74) is 0. The zero-order chi connectivity index (χ0) is 15.9. The van der Waals surface area contributed by atoms with Gasteiger partial charge in [0.15, 0.2) is 0 Å². The van der Waals surface area contributed by atoms with Crippen LogP contribution >= 0.6 is 0 Å². The summed E-state index contributed by atoms with van der Waals surface area (Å²) in [6.07, 6.45) is -2.55. The van der Waals surface area contributed by atoms with Crippen LogP contribution in [-0.2, 0) is 6.42 Å². The van der Waals surface area contributed by atoms with Crippen molar-refractivity contribution in [1.82, 2.24) is 9.97 Å². The molecule has 0 saturated heterocycles. The fourth-order valence-electron chi connectivity index (χ4n) is 1.90. The fourth-order valence-corrected chi connectivity index (χ4v) is 1.90. The van der Waals surface area contributed by atoms with Gasteiger partial charge in [0.1, 0.15) is 17.5 Å². The standard InChI is InChI=1S/C14H23F3N4/c1-4-6-11-20-12(18-7-5-2)8-13(21-11)19-10(3)9-14(15,16)17/h8,10H,4-7,9H2,1-3H3,(H2,18,19,20,21). The van der Waals surface area contributed by atoms with Gasteiger partial charge in [0.05, 0.1) is 6.42 Å². The van der Waals surface area contributed by atoms with Crippen molar-refractivity contribution < 1.29 is 13.2 Å². The van der Waals surface area contributed by atoms with E-state index in [1.54, 1.807) is 6.07 Å². The Hall–Kier alpha value is -1.53. The zero-order valence-electron chi connectivity index (χ0n) is 12.7. The maximum Gasteiger partial charge on any atom is 0.391 e. The number of halogens is 3. The zero-order valence-corrected chi connectivity index (χ0v) is 12.7. The highest BCUT2D eigenvalue weighted by Crippen LogP contribution is 2.23. The van der Waals surface area contributed by atoms with E-state index in [1.165, 1.54) is 6.92 Å². The molecular weight excluding hydrogens is 281 g/mol. The second kappa shape index (κ2) is 8.05. The van der Waals surface area contributed by atoms with E-state index in [2.05, 4.69) is 20.6 Å². The highest BCUT2D eigenvalue weighted by molar-refractivity contribution is 5.48. The largest absolute Gasteiger partial charge is 0.391 e. The maximum absolute atomic E-state index is 12.4. The number of aromatic nitrogens is 2. The second-order valence-electron chi connectivity index (χ2n) is 5.10. The number of hydrogen-bond donors (Lipinski definition) is 2. The summed E-state index contributed by atoms with van der Waals surface area (Å²) >= 11 is 0. The van der Waals surface area contributed by atoms with Gasteiger partial charge in [0, 0.05) is 25.1 Å². The summed E-state index contributed by atoms with van der Waals surface area (Å²) in [5.74, 6) is 1.72. The highest BCUT2D eigenvalue weighted by atomic mass is 19.4. The Morgan fingerprint density at radius 3 is 2.38 bits per heavy atom. The van der Waals surface area contributed by atoms with Crippen LogP contribution in [0.3, 0.4) is 0 Å². The van der Waals surface area contributed by atoms with Crippen molar-refractivity contribution in [2.45, 2.75) is 58.7 Å². The van der Waals surface area contributed by atoms with E-state index in [-0.39, 0.29) is 0 Å². The van der Waals surface area contributed by atoms with Gasteiger partial charge < -0.3 is 10.6 Å². The van der Waals surface area contributed by atoms with E-state index >= 15 is 0 Å². The van der Waals surface area contributed by atoms with Crippen LogP contribution in [0.5, 0.6) is 0 Å². The molecule has 21 heavy (non-hydrogen) atoms. The molecule has 0 spiro atoms. The summed E-state index contributed by atoms with van der Waals surface area (Å²) < 4.78 is 37.1. The molecule has 0 radical (unpaired) electrons. The summed E-state index contributed by atoms with van der Waals surface area (Å²) in [7, 11) is 0. The third-order valence-corrected chi connectivity index (χ3v) is 2.73. The first-order valence-electron chi connectivity index (χ1n) is 7.29. The Bertz CT molecular complexity index is 435. The molecule has 0 aliphatic rings. The number of hydrogen-bond acceptors (Lipinski definition) is 4. The SMILES string of the molecule is CCCNc1cc(NC(C)CC(F)(F)F)nc(CCC)n1. The van der Waals surface area contributed by atoms with Gasteiger partial charge in [-0.15, -0.1) is 0 Å². The number of nitrogens with zero attached hydrogens (tertiary/aromatic N) is 2. The van der Waals surface area contributed by atoms with Crippen molar-refractivity contribution in [1.29, 1.82) is 0 Å². The lowest BCUT2D eigenvalue weighted by Crippen LogP contribution is -2.24. The molecule has 1 unspecified atom stereocenters. The first kappa shape index (κ1) is 17.5. The summed E-state index contributed by atoms with van der Waals surface area (Å²) in [4.78, 5) is 8.63. The maximum atomic E-state index is 12.4. The number of alkyl halides is 3. The van der Waals surface area contributed by atoms with E-state index in [0.717, 1.165) is 19.4 Å². The number of anilines is 2. The van der Waals surface area contributed by atoms with E-state index in [1.807, 2.05) is 13.8 Å². The lowest BCUT2D eigenvalue weighted by atomic mass is 10.2. The third kappa shape index (κ3) is 7.15. The van der Waals surface area contributed by atoms with Crippen LogP contribution < -0.4 is 10.6 Å². The first-order chi connectivity index (χ1) is 9.84. The summed E-state index contributed by atoms with van der Waals surface area (Å²) in [5, 5.41) is 5.94. The van der Waals surface area contributed by atoms with Gasteiger partial charge in [-0.05, 0) is 19.8 Å². The van der Waals surface area contributed by atoms with Crippen LogP contribution in [0.1, 0.15) is 45.9 Å². The molecule has 1 rings (SSSR count). The monoisotopic (exact) mass is 304 g/mol. The molecule has 0 amide bonds. The number of aryl methyl sites for hydroxylation is 1. The van der Waals surface area contributed by atoms with Gasteiger partial charge in [-0.1, -0.05) is 13.8 Å². The van der Waals surface area contributed by atoms with Gasteiger partial charge in [0.25, 0.3) is 0 Å². The van der Waals surface area contributed by atoms with Gasteiger partial charge in [0.2, 0.25) is 0 Å². The molecular formula is C14H23F3N4. The average Bonchev–Trinajstić information content (AvgIpc) is 2.34. The second-order valence-corrected chi connectivity index (χ2v) is 5.10. The molecule has 1 heterocycles. The van der Waals surface area contributed by atoms with Crippen LogP contribution in [0.2, 0.25) is 0 Å². The minimum absolute atomic E-state index is 0.434. The Morgan fingerprint density at radius 1 is 1.14 bits per heavy atom. The average molecular weight is 304 g/mol. The van der Waals surface area contributed by atoms with Crippen molar-refractivity contribution in [3.05, 3.63) is 11.9 Å². The summed E-state index contributed by atoms with van der Waals surface area (Å²) in [6, 6.07) is 0.926. The molecule has 1 aromatic heterocycles. The molecule has 2 N–H and O–H groups in total. The van der Waals surface area contributed by atoms with Crippen molar-refractivity contribution in [3.63, 3.8) is 0 Å². The molecule has 0 saturated carbocycles. The normalized spacial score (nSPS) is 13.0. The minimum Gasteiger partial charge on any atom is -0.370 e. The van der Waals surface area contributed by atoms with Gasteiger partial charge in [-0.25, -0.2) is 9.97 Å². The molecule has 0 bridgehead atoms. The molecule has 1 aromatic rings. The molecule has 4 nitrogen and oxygen atoms in total. The predicted molar refractivity (Wildman–Crippen MR) is 78.6 cm³/mol. The van der Waals surface area contributed by atoms with E-state index in [4.69, 9.17) is 0 Å². The van der Waals surface area contributed by atoms with Crippen molar-refractivity contribution in [2.75, 3.05) is 17.2 Å². The van der Waals surface area contributed by atoms with Crippen LogP contribution in [0, 0.1) is 0 Å². The van der Waals surface area contributed by atoms with Crippen molar-refractivity contribution in [2.24, 2.45) is 0 Å². The molecule has 7 heteroatoms. The Balaban J connectivity index is 2.81. The lowest BCUT2D eigenvalue weighted by molar-refractivity contribution is -0.136. The molecule has 0 fully saturated rings. The molecule has 0 aliphatic heterocycles. The molecule has 120 valence electrons. The van der Waals surface area contributed by atoms with Gasteiger partial charge >= 0.3 is 6.18 Å². The quantitative estimate of drug-likeness (QED) is 0.762.